The number of carbonyl (C=O) groups is 3. The summed E-state index contributed by atoms with van der Waals surface area (Å²) in [5.74, 6) is -0.585. The van der Waals surface area contributed by atoms with Crippen LogP contribution in [0.1, 0.15) is 32.5 Å². The molecule has 2 N–H and O–H groups in total. The zero-order valence-electron chi connectivity index (χ0n) is 15.1. The van der Waals surface area contributed by atoms with Gasteiger partial charge in [-0.1, -0.05) is 24.3 Å². The van der Waals surface area contributed by atoms with E-state index in [0.717, 1.165) is 5.56 Å². The number of amides is 2. The van der Waals surface area contributed by atoms with Gasteiger partial charge < -0.3 is 15.4 Å². The minimum Gasteiger partial charge on any atom is -0.427 e. The van der Waals surface area contributed by atoms with Crippen LogP contribution in [-0.4, -0.2) is 17.8 Å². The highest BCUT2D eigenvalue weighted by molar-refractivity contribution is 7.12. The fourth-order valence-electron chi connectivity index (χ4n) is 2.51. The number of hydrogen-bond acceptors (Lipinski definition) is 5. The van der Waals surface area contributed by atoms with Gasteiger partial charge in [0.1, 0.15) is 5.75 Å². The van der Waals surface area contributed by atoms with Crippen LogP contribution in [0.2, 0.25) is 0 Å². The molecule has 0 spiro atoms. The molecule has 0 atom stereocenters. The minimum absolute atomic E-state index is 0.168. The smallest absolute Gasteiger partial charge is 0.308 e. The average molecular weight is 394 g/mol. The van der Waals surface area contributed by atoms with Gasteiger partial charge in [0.2, 0.25) is 0 Å². The Bertz CT molecular complexity index is 999. The number of esters is 1. The first-order chi connectivity index (χ1) is 13.5. The van der Waals surface area contributed by atoms with Gasteiger partial charge in [-0.15, -0.1) is 11.3 Å². The number of anilines is 1. The molecule has 2 amide bonds. The third-order valence-corrected chi connectivity index (χ3v) is 4.61. The van der Waals surface area contributed by atoms with Crippen LogP contribution < -0.4 is 15.4 Å². The molecule has 0 fully saturated rings. The van der Waals surface area contributed by atoms with Crippen LogP contribution in [0.5, 0.6) is 5.75 Å². The molecule has 3 rings (SSSR count). The summed E-state index contributed by atoms with van der Waals surface area (Å²) in [6.07, 6.45) is 0. The maximum atomic E-state index is 12.4. The summed E-state index contributed by atoms with van der Waals surface area (Å²) in [6, 6.07) is 17.2. The highest BCUT2D eigenvalue weighted by Crippen LogP contribution is 2.16. The van der Waals surface area contributed by atoms with Crippen LogP contribution in [0, 0.1) is 0 Å². The molecule has 7 heteroatoms. The van der Waals surface area contributed by atoms with E-state index >= 15 is 0 Å². The summed E-state index contributed by atoms with van der Waals surface area (Å²) in [5.41, 5.74) is 1.89. The molecule has 0 radical (unpaired) electrons. The molecule has 0 aliphatic rings. The number of rotatable bonds is 6. The van der Waals surface area contributed by atoms with E-state index in [9.17, 15) is 14.4 Å². The summed E-state index contributed by atoms with van der Waals surface area (Å²) in [4.78, 5) is 36.2. The number of nitrogens with one attached hydrogen (secondary N) is 2. The monoisotopic (exact) mass is 394 g/mol. The number of ether oxygens (including phenoxy) is 1. The summed E-state index contributed by atoms with van der Waals surface area (Å²) in [7, 11) is 0. The normalized spacial score (nSPS) is 10.2. The number of thiophene rings is 1. The molecule has 0 aliphatic carbocycles. The van der Waals surface area contributed by atoms with E-state index in [4.69, 9.17) is 4.74 Å². The van der Waals surface area contributed by atoms with Crippen molar-refractivity contribution in [2.75, 3.05) is 5.32 Å². The van der Waals surface area contributed by atoms with Crippen molar-refractivity contribution in [1.29, 1.82) is 0 Å². The minimum atomic E-state index is -0.445. The molecule has 6 nitrogen and oxygen atoms in total. The predicted molar refractivity (Wildman–Crippen MR) is 108 cm³/mol. The van der Waals surface area contributed by atoms with E-state index in [-0.39, 0.29) is 11.8 Å². The summed E-state index contributed by atoms with van der Waals surface area (Å²) >= 11 is 1.37. The van der Waals surface area contributed by atoms with Crippen molar-refractivity contribution in [2.45, 2.75) is 13.5 Å². The van der Waals surface area contributed by atoms with E-state index in [1.807, 2.05) is 23.6 Å². The Morgan fingerprint density at radius 3 is 2.54 bits per heavy atom. The second-order valence-corrected chi connectivity index (χ2v) is 6.88. The molecule has 0 bridgehead atoms. The largest absolute Gasteiger partial charge is 0.427 e. The Morgan fingerprint density at radius 1 is 0.964 bits per heavy atom. The molecular formula is C21H18N2O4S. The zero-order valence-corrected chi connectivity index (χ0v) is 15.9. The zero-order chi connectivity index (χ0) is 19.9. The Hall–Kier alpha value is -3.45. The fraction of sp³-hybridized carbons (Fsp3) is 0.0952. The van der Waals surface area contributed by atoms with Crippen molar-refractivity contribution < 1.29 is 19.1 Å². The van der Waals surface area contributed by atoms with Gasteiger partial charge in [-0.3, -0.25) is 14.4 Å². The Balaban J connectivity index is 1.61. The van der Waals surface area contributed by atoms with E-state index < -0.39 is 5.97 Å². The third-order valence-electron chi connectivity index (χ3n) is 3.74. The van der Waals surface area contributed by atoms with Crippen LogP contribution in [-0.2, 0) is 11.3 Å². The second-order valence-electron chi connectivity index (χ2n) is 5.94. The molecule has 28 heavy (non-hydrogen) atoms. The van der Waals surface area contributed by atoms with Crippen LogP contribution >= 0.6 is 11.3 Å². The van der Waals surface area contributed by atoms with E-state index in [0.29, 0.717) is 28.4 Å². The van der Waals surface area contributed by atoms with Crippen LogP contribution in [0.15, 0.2) is 66.0 Å². The van der Waals surface area contributed by atoms with Crippen molar-refractivity contribution in [2.24, 2.45) is 0 Å². The molecule has 1 heterocycles. The van der Waals surface area contributed by atoms with Crippen molar-refractivity contribution in [3.63, 3.8) is 0 Å². The summed E-state index contributed by atoms with van der Waals surface area (Å²) < 4.78 is 4.99. The van der Waals surface area contributed by atoms with Gasteiger partial charge >= 0.3 is 5.97 Å². The van der Waals surface area contributed by atoms with E-state index in [1.54, 1.807) is 36.4 Å². The lowest BCUT2D eigenvalue weighted by Crippen LogP contribution is -2.23. The first kappa shape index (κ1) is 19.3. The number of hydrogen-bond donors (Lipinski definition) is 2. The Kier molecular flexibility index (Phi) is 6.18. The Morgan fingerprint density at radius 2 is 1.79 bits per heavy atom. The van der Waals surface area contributed by atoms with E-state index in [1.165, 1.54) is 24.3 Å². The molecule has 2 aromatic carbocycles. The molecule has 142 valence electrons. The quantitative estimate of drug-likeness (QED) is 0.491. The number of benzene rings is 2. The maximum Gasteiger partial charge on any atom is 0.308 e. The number of carbonyl (C=O) groups excluding carboxylic acids is 3. The molecule has 3 aromatic rings. The van der Waals surface area contributed by atoms with Gasteiger partial charge in [-0.2, -0.15) is 0 Å². The lowest BCUT2D eigenvalue weighted by Gasteiger charge is -2.09. The van der Waals surface area contributed by atoms with Crippen molar-refractivity contribution in [3.05, 3.63) is 82.0 Å². The first-order valence-electron chi connectivity index (χ1n) is 8.52. The standard InChI is InChI=1S/C21H18N2O4S/c1-14(24)27-18-8-3-6-16(12-18)20(25)22-13-15-5-2-7-17(11-15)23-21(26)19-9-4-10-28-19/h2-12H,13H2,1H3,(H,22,25)(H,23,26). The van der Waals surface area contributed by atoms with Crippen molar-refractivity contribution >= 4 is 34.8 Å². The van der Waals surface area contributed by atoms with Gasteiger partial charge in [0.15, 0.2) is 0 Å². The second kappa shape index (κ2) is 8.96. The van der Waals surface area contributed by atoms with E-state index in [2.05, 4.69) is 10.6 Å². The molecule has 1 aromatic heterocycles. The van der Waals surface area contributed by atoms with Crippen molar-refractivity contribution in [3.8, 4) is 5.75 Å². The molecule has 0 saturated heterocycles. The lowest BCUT2D eigenvalue weighted by molar-refractivity contribution is -0.131. The van der Waals surface area contributed by atoms with Gasteiger partial charge in [-0.25, -0.2) is 0 Å². The lowest BCUT2D eigenvalue weighted by atomic mass is 10.1. The molecule has 0 unspecified atom stereocenters. The topological polar surface area (TPSA) is 84.5 Å². The fourth-order valence-corrected chi connectivity index (χ4v) is 3.13. The maximum absolute atomic E-state index is 12.4. The Labute approximate surface area is 166 Å². The highest BCUT2D eigenvalue weighted by Gasteiger charge is 2.09. The van der Waals surface area contributed by atoms with Gasteiger partial charge in [-0.05, 0) is 47.3 Å². The van der Waals surface area contributed by atoms with Gasteiger partial charge in [0.25, 0.3) is 11.8 Å². The molecular weight excluding hydrogens is 376 g/mol. The molecule has 0 saturated carbocycles. The molecule has 0 aliphatic heterocycles. The van der Waals surface area contributed by atoms with Crippen LogP contribution in [0.4, 0.5) is 5.69 Å². The predicted octanol–water partition coefficient (Wildman–Crippen LogP) is 3.86. The first-order valence-corrected chi connectivity index (χ1v) is 9.40. The van der Waals surface area contributed by atoms with Crippen LogP contribution in [0.3, 0.4) is 0 Å². The van der Waals surface area contributed by atoms with Gasteiger partial charge in [0.05, 0.1) is 4.88 Å². The summed E-state index contributed by atoms with van der Waals surface area (Å²) in [6.45, 7) is 1.59. The third kappa shape index (κ3) is 5.28. The SMILES string of the molecule is CC(=O)Oc1cccc(C(=O)NCc2cccc(NC(=O)c3cccs3)c2)c1. The highest BCUT2D eigenvalue weighted by atomic mass is 32.1. The van der Waals surface area contributed by atoms with Crippen molar-refractivity contribution in [1.82, 2.24) is 5.32 Å². The van der Waals surface area contributed by atoms with Gasteiger partial charge in [0, 0.05) is 24.7 Å². The van der Waals surface area contributed by atoms with Crippen LogP contribution in [0.25, 0.3) is 0 Å². The summed E-state index contributed by atoms with van der Waals surface area (Å²) in [5, 5.41) is 7.50. The average Bonchev–Trinajstić information content (AvgIpc) is 3.21.